The maximum atomic E-state index is 12.2. The molecule has 1 aliphatic heterocycles. The Morgan fingerprint density at radius 1 is 1.32 bits per heavy atom. The molecule has 1 saturated carbocycles. The predicted octanol–water partition coefficient (Wildman–Crippen LogP) is 1.08. The Kier molecular flexibility index (Phi) is 5.34. The summed E-state index contributed by atoms with van der Waals surface area (Å²) in [4.78, 5) is 13.2. The Morgan fingerprint density at radius 2 is 1.95 bits per heavy atom. The summed E-state index contributed by atoms with van der Waals surface area (Å²) in [6.45, 7) is 0.789. The van der Waals surface area contributed by atoms with E-state index < -0.39 is 36.4 Å². The number of nitrogens with zero attached hydrogens (tertiary/aromatic N) is 1. The Hall–Kier alpha value is -0.860. The molecule has 2 rings (SSSR count). The molecule has 0 unspecified atom stereocenters. The van der Waals surface area contributed by atoms with Gasteiger partial charge in [0.05, 0.1) is 31.8 Å². The van der Waals surface area contributed by atoms with E-state index >= 15 is 0 Å². The molecule has 0 aromatic carbocycles. The van der Waals surface area contributed by atoms with Gasteiger partial charge in [-0.25, -0.2) is 0 Å². The van der Waals surface area contributed by atoms with Crippen molar-refractivity contribution in [2.45, 2.75) is 50.5 Å². The number of carbonyl (C=O) groups excluding carboxylic acids is 1. The second kappa shape index (κ2) is 6.72. The summed E-state index contributed by atoms with van der Waals surface area (Å²) in [5, 5.41) is 18.8. The van der Waals surface area contributed by atoms with Gasteiger partial charge in [0.15, 0.2) is 0 Å². The molecule has 2 N–H and O–H groups in total. The fourth-order valence-corrected chi connectivity index (χ4v) is 3.39. The van der Waals surface area contributed by atoms with Crippen molar-refractivity contribution in [3.63, 3.8) is 0 Å². The van der Waals surface area contributed by atoms with Gasteiger partial charge in [0, 0.05) is 31.3 Å². The normalized spacial score (nSPS) is 27.8. The van der Waals surface area contributed by atoms with Crippen molar-refractivity contribution < 1.29 is 32.9 Å². The van der Waals surface area contributed by atoms with Gasteiger partial charge in [-0.3, -0.25) is 4.79 Å². The van der Waals surface area contributed by atoms with Crippen LogP contribution in [0.15, 0.2) is 0 Å². The van der Waals surface area contributed by atoms with E-state index in [4.69, 9.17) is 9.84 Å². The lowest BCUT2D eigenvalue weighted by atomic mass is 9.58. The molecule has 8 heteroatoms. The van der Waals surface area contributed by atoms with Gasteiger partial charge in [-0.2, -0.15) is 13.2 Å². The van der Waals surface area contributed by atoms with Gasteiger partial charge in [-0.15, -0.1) is 0 Å². The van der Waals surface area contributed by atoms with Crippen LogP contribution in [-0.2, 0) is 9.53 Å². The first-order valence-electron chi connectivity index (χ1n) is 7.53. The maximum absolute atomic E-state index is 12.2. The van der Waals surface area contributed by atoms with Gasteiger partial charge in [0.25, 0.3) is 0 Å². The number of aliphatic hydroxyl groups excluding tert-OH is 2. The molecule has 1 aliphatic carbocycles. The monoisotopic (exact) mass is 325 g/mol. The maximum Gasteiger partial charge on any atom is 0.389 e. The number of carbonyl (C=O) groups is 1. The summed E-state index contributed by atoms with van der Waals surface area (Å²) in [7, 11) is 0. The van der Waals surface area contributed by atoms with E-state index in [-0.39, 0.29) is 19.3 Å². The first-order chi connectivity index (χ1) is 10.3. The molecule has 1 spiro atoms. The van der Waals surface area contributed by atoms with Crippen LogP contribution in [0.1, 0.15) is 32.1 Å². The highest BCUT2D eigenvalue weighted by Crippen LogP contribution is 2.51. The molecule has 2 fully saturated rings. The van der Waals surface area contributed by atoms with Crippen LogP contribution in [0.5, 0.6) is 0 Å². The Morgan fingerprint density at radius 3 is 2.45 bits per heavy atom. The van der Waals surface area contributed by atoms with E-state index in [1.165, 1.54) is 4.90 Å². The Labute approximate surface area is 127 Å². The molecule has 0 bridgehead atoms. The van der Waals surface area contributed by atoms with Crippen LogP contribution in [-0.4, -0.2) is 65.7 Å². The number of piperidine rings is 1. The third-order valence-corrected chi connectivity index (χ3v) is 4.82. The fourth-order valence-electron chi connectivity index (χ4n) is 3.39. The molecule has 1 amide bonds. The summed E-state index contributed by atoms with van der Waals surface area (Å²) < 4.78 is 42.0. The zero-order valence-electron chi connectivity index (χ0n) is 12.3. The van der Waals surface area contributed by atoms with Crippen molar-refractivity contribution in [3.05, 3.63) is 0 Å². The molecule has 0 aromatic heterocycles. The molecule has 2 atom stereocenters. The van der Waals surface area contributed by atoms with Gasteiger partial charge in [-0.05, 0) is 12.8 Å². The van der Waals surface area contributed by atoms with E-state index in [9.17, 15) is 23.1 Å². The third kappa shape index (κ3) is 3.72. The molecule has 128 valence electrons. The minimum atomic E-state index is -4.32. The summed E-state index contributed by atoms with van der Waals surface area (Å²) >= 11 is 0. The largest absolute Gasteiger partial charge is 0.394 e. The highest BCUT2D eigenvalue weighted by atomic mass is 19.4. The van der Waals surface area contributed by atoms with Gasteiger partial charge in [0.2, 0.25) is 5.91 Å². The Balaban J connectivity index is 1.83. The molecule has 22 heavy (non-hydrogen) atoms. The lowest BCUT2D eigenvalue weighted by molar-refractivity contribution is -0.213. The van der Waals surface area contributed by atoms with Crippen LogP contribution in [0, 0.1) is 5.41 Å². The molecular formula is C14H22F3NO4. The number of alkyl halides is 3. The van der Waals surface area contributed by atoms with Crippen molar-refractivity contribution in [1.29, 1.82) is 0 Å². The van der Waals surface area contributed by atoms with Crippen LogP contribution >= 0.6 is 0 Å². The van der Waals surface area contributed by atoms with Crippen molar-refractivity contribution in [3.8, 4) is 0 Å². The lowest BCUT2D eigenvalue weighted by Gasteiger charge is -2.56. The van der Waals surface area contributed by atoms with Crippen LogP contribution in [0.25, 0.3) is 0 Å². The van der Waals surface area contributed by atoms with E-state index in [0.29, 0.717) is 32.4 Å². The quantitative estimate of drug-likeness (QED) is 0.794. The van der Waals surface area contributed by atoms with Crippen molar-refractivity contribution in [2.75, 3.05) is 26.3 Å². The molecule has 0 aromatic rings. The lowest BCUT2D eigenvalue weighted by Crippen LogP contribution is -2.62. The summed E-state index contributed by atoms with van der Waals surface area (Å²) in [5.74, 6) is -0.492. The van der Waals surface area contributed by atoms with Crippen molar-refractivity contribution >= 4 is 5.91 Å². The number of halogens is 3. The first kappa shape index (κ1) is 17.5. The third-order valence-electron chi connectivity index (χ3n) is 4.82. The minimum absolute atomic E-state index is 0.0925. The fraction of sp³-hybridized carbons (Fsp3) is 0.929. The average molecular weight is 325 g/mol. The second-order valence-corrected chi connectivity index (χ2v) is 6.06. The van der Waals surface area contributed by atoms with E-state index in [1.54, 1.807) is 0 Å². The van der Waals surface area contributed by atoms with E-state index in [2.05, 4.69) is 0 Å². The molecule has 2 aliphatic rings. The van der Waals surface area contributed by atoms with Gasteiger partial charge in [0.1, 0.15) is 0 Å². The van der Waals surface area contributed by atoms with E-state index in [0.717, 1.165) is 0 Å². The van der Waals surface area contributed by atoms with Gasteiger partial charge < -0.3 is 19.8 Å². The highest BCUT2D eigenvalue weighted by Gasteiger charge is 2.56. The SMILES string of the molecule is O=C(CCC(F)(F)F)N1CCC2(CC1)[C@H](O)C[C@@H]2OCCO. The number of ether oxygens (including phenoxy) is 1. The molecular weight excluding hydrogens is 303 g/mol. The number of hydrogen-bond acceptors (Lipinski definition) is 4. The topological polar surface area (TPSA) is 70.0 Å². The van der Waals surface area contributed by atoms with E-state index in [1.807, 2.05) is 0 Å². The molecule has 1 saturated heterocycles. The molecule has 0 radical (unpaired) electrons. The summed E-state index contributed by atoms with van der Waals surface area (Å²) in [6, 6.07) is 0. The smallest absolute Gasteiger partial charge is 0.389 e. The van der Waals surface area contributed by atoms with Crippen LogP contribution < -0.4 is 0 Å². The number of likely N-dealkylation sites (tertiary alicyclic amines) is 1. The first-order valence-corrected chi connectivity index (χ1v) is 7.53. The van der Waals surface area contributed by atoms with Crippen molar-refractivity contribution in [2.24, 2.45) is 5.41 Å². The van der Waals surface area contributed by atoms with Crippen LogP contribution in [0.3, 0.4) is 0 Å². The van der Waals surface area contributed by atoms with Gasteiger partial charge in [-0.1, -0.05) is 0 Å². The minimum Gasteiger partial charge on any atom is -0.394 e. The van der Waals surface area contributed by atoms with Crippen LogP contribution in [0.4, 0.5) is 13.2 Å². The summed E-state index contributed by atoms with van der Waals surface area (Å²) in [5.41, 5.74) is -0.421. The zero-order valence-corrected chi connectivity index (χ0v) is 12.3. The zero-order chi connectivity index (χ0) is 16.4. The number of aliphatic hydroxyl groups is 2. The number of hydrogen-bond donors (Lipinski definition) is 2. The van der Waals surface area contributed by atoms with Crippen molar-refractivity contribution in [1.82, 2.24) is 4.90 Å². The average Bonchev–Trinajstić information content (AvgIpc) is 2.48. The highest BCUT2D eigenvalue weighted by molar-refractivity contribution is 5.76. The van der Waals surface area contributed by atoms with Crippen LogP contribution in [0.2, 0.25) is 0 Å². The molecule has 5 nitrogen and oxygen atoms in total. The predicted molar refractivity (Wildman–Crippen MR) is 71.0 cm³/mol. The Bertz CT molecular complexity index is 394. The number of amides is 1. The second-order valence-electron chi connectivity index (χ2n) is 6.06. The molecule has 1 heterocycles. The standard InChI is InChI=1S/C14H22F3NO4/c15-14(16,17)2-1-12(21)18-5-3-13(4-6-18)10(20)9-11(13)22-8-7-19/h10-11,19-20H,1-9H2/t10-,11+/m1/s1. The van der Waals surface area contributed by atoms with Gasteiger partial charge >= 0.3 is 6.18 Å². The summed E-state index contributed by atoms with van der Waals surface area (Å²) in [6.07, 6.45) is -5.07. The number of rotatable bonds is 5.